The van der Waals surface area contributed by atoms with E-state index in [4.69, 9.17) is 4.74 Å². The van der Waals surface area contributed by atoms with Crippen LogP contribution in [0.2, 0.25) is 0 Å². The van der Waals surface area contributed by atoms with E-state index in [2.05, 4.69) is 10.6 Å². The number of ether oxygens (including phenoxy) is 1. The molecule has 0 aliphatic heterocycles. The fourth-order valence-electron chi connectivity index (χ4n) is 2.20. The van der Waals surface area contributed by atoms with Gasteiger partial charge in [-0.05, 0) is 54.8 Å². The maximum Gasteiger partial charge on any atom is 0.258 e. The van der Waals surface area contributed by atoms with E-state index < -0.39 is 0 Å². The second kappa shape index (κ2) is 9.04. The van der Waals surface area contributed by atoms with Gasteiger partial charge in [-0.1, -0.05) is 32.0 Å². The van der Waals surface area contributed by atoms with Crippen molar-refractivity contribution in [1.29, 1.82) is 0 Å². The van der Waals surface area contributed by atoms with Crippen molar-refractivity contribution in [1.82, 2.24) is 5.32 Å². The molecule has 0 spiro atoms. The monoisotopic (exact) mass is 354 g/mol. The number of amides is 2. The number of hydrogen-bond acceptors (Lipinski definition) is 3. The molecule has 0 aliphatic carbocycles. The topological polar surface area (TPSA) is 67.4 Å². The Morgan fingerprint density at radius 1 is 1.00 bits per heavy atom. The van der Waals surface area contributed by atoms with Crippen LogP contribution in [0.4, 0.5) is 5.69 Å². The third-order valence-electron chi connectivity index (χ3n) is 4.08. The molecule has 2 rings (SSSR count). The number of anilines is 1. The van der Waals surface area contributed by atoms with Crippen LogP contribution in [0, 0.1) is 19.8 Å². The maximum atomic E-state index is 11.9. The molecule has 0 radical (unpaired) electrons. The molecule has 2 aromatic rings. The molecule has 26 heavy (non-hydrogen) atoms. The first-order valence-corrected chi connectivity index (χ1v) is 8.71. The summed E-state index contributed by atoms with van der Waals surface area (Å²) in [5.41, 5.74) is 4.02. The molecular weight excluding hydrogens is 328 g/mol. The highest BCUT2D eigenvalue weighted by Crippen LogP contribution is 2.16. The third-order valence-corrected chi connectivity index (χ3v) is 4.08. The zero-order chi connectivity index (χ0) is 19.1. The summed E-state index contributed by atoms with van der Waals surface area (Å²) < 4.78 is 5.52. The smallest absolute Gasteiger partial charge is 0.258 e. The van der Waals surface area contributed by atoms with E-state index in [1.165, 1.54) is 5.56 Å². The molecule has 2 aromatic carbocycles. The largest absolute Gasteiger partial charge is 0.484 e. The molecule has 0 atom stereocenters. The van der Waals surface area contributed by atoms with E-state index in [0.717, 1.165) is 16.8 Å². The molecule has 0 fully saturated rings. The van der Waals surface area contributed by atoms with Gasteiger partial charge in [0.1, 0.15) is 5.75 Å². The highest BCUT2D eigenvalue weighted by Gasteiger charge is 2.07. The Labute approximate surface area is 154 Å². The minimum Gasteiger partial charge on any atom is -0.484 e. The maximum absolute atomic E-state index is 11.9. The molecule has 0 aromatic heterocycles. The summed E-state index contributed by atoms with van der Waals surface area (Å²) in [4.78, 5) is 23.6. The molecule has 0 unspecified atom stereocenters. The van der Waals surface area contributed by atoms with Crippen LogP contribution in [0.5, 0.6) is 5.75 Å². The van der Waals surface area contributed by atoms with Gasteiger partial charge < -0.3 is 15.4 Å². The first-order chi connectivity index (χ1) is 12.3. The Bertz CT molecular complexity index is 767. The summed E-state index contributed by atoms with van der Waals surface area (Å²) in [6.07, 6.45) is 0. The average molecular weight is 354 g/mol. The van der Waals surface area contributed by atoms with E-state index in [9.17, 15) is 9.59 Å². The number of carbonyl (C=O) groups is 2. The first kappa shape index (κ1) is 19.5. The Morgan fingerprint density at radius 2 is 1.69 bits per heavy atom. The number of benzene rings is 2. The van der Waals surface area contributed by atoms with Crippen molar-refractivity contribution < 1.29 is 14.3 Å². The SMILES string of the molecule is Cc1ccc(OCC(=O)NCc2ccc(NC(=O)C(C)C)cc2)cc1C. The van der Waals surface area contributed by atoms with E-state index in [0.29, 0.717) is 12.3 Å². The minimum atomic E-state index is -0.180. The van der Waals surface area contributed by atoms with E-state index in [1.54, 1.807) is 0 Å². The van der Waals surface area contributed by atoms with Gasteiger partial charge in [-0.25, -0.2) is 0 Å². The average Bonchev–Trinajstić information content (AvgIpc) is 2.62. The lowest BCUT2D eigenvalue weighted by Gasteiger charge is -2.10. The van der Waals surface area contributed by atoms with Crippen LogP contribution >= 0.6 is 0 Å². The number of aryl methyl sites for hydroxylation is 2. The number of rotatable bonds is 7. The highest BCUT2D eigenvalue weighted by molar-refractivity contribution is 5.92. The summed E-state index contributed by atoms with van der Waals surface area (Å²) in [6.45, 7) is 8.12. The second-order valence-corrected chi connectivity index (χ2v) is 6.65. The number of hydrogen-bond donors (Lipinski definition) is 2. The molecule has 0 heterocycles. The van der Waals surface area contributed by atoms with Gasteiger partial charge in [0.15, 0.2) is 6.61 Å². The van der Waals surface area contributed by atoms with Crippen molar-refractivity contribution in [2.75, 3.05) is 11.9 Å². The summed E-state index contributed by atoms with van der Waals surface area (Å²) in [5.74, 6) is 0.426. The quantitative estimate of drug-likeness (QED) is 0.798. The lowest BCUT2D eigenvalue weighted by molar-refractivity contribution is -0.123. The molecule has 0 bridgehead atoms. The Kier molecular flexibility index (Phi) is 6.78. The Morgan fingerprint density at radius 3 is 2.31 bits per heavy atom. The van der Waals surface area contributed by atoms with Gasteiger partial charge in [0, 0.05) is 18.2 Å². The van der Waals surface area contributed by atoms with Crippen molar-refractivity contribution >= 4 is 17.5 Å². The zero-order valence-electron chi connectivity index (χ0n) is 15.8. The molecule has 2 amide bonds. The van der Waals surface area contributed by atoms with Crippen LogP contribution in [0.3, 0.4) is 0 Å². The van der Waals surface area contributed by atoms with Crippen LogP contribution in [0.15, 0.2) is 42.5 Å². The summed E-state index contributed by atoms with van der Waals surface area (Å²) in [6, 6.07) is 13.2. The van der Waals surface area contributed by atoms with Gasteiger partial charge in [0.2, 0.25) is 5.91 Å². The summed E-state index contributed by atoms with van der Waals surface area (Å²) in [5, 5.41) is 5.66. The lowest BCUT2D eigenvalue weighted by atomic mass is 10.1. The lowest BCUT2D eigenvalue weighted by Crippen LogP contribution is -2.28. The Balaban J connectivity index is 1.78. The zero-order valence-corrected chi connectivity index (χ0v) is 15.8. The molecule has 5 nitrogen and oxygen atoms in total. The highest BCUT2D eigenvalue weighted by atomic mass is 16.5. The van der Waals surface area contributed by atoms with E-state index >= 15 is 0 Å². The second-order valence-electron chi connectivity index (χ2n) is 6.65. The predicted molar refractivity (Wildman–Crippen MR) is 103 cm³/mol. The van der Waals surface area contributed by atoms with Crippen LogP contribution in [0.25, 0.3) is 0 Å². The van der Waals surface area contributed by atoms with Crippen molar-refractivity contribution in [3.8, 4) is 5.75 Å². The molecule has 0 aliphatic rings. The van der Waals surface area contributed by atoms with Crippen LogP contribution in [0.1, 0.15) is 30.5 Å². The first-order valence-electron chi connectivity index (χ1n) is 8.71. The van der Waals surface area contributed by atoms with Crippen molar-refractivity contribution in [3.05, 3.63) is 59.2 Å². The standard InChI is InChI=1S/C21H26N2O3/c1-14(2)21(25)23-18-8-6-17(7-9-18)12-22-20(24)13-26-19-10-5-15(3)16(4)11-19/h5-11,14H,12-13H2,1-4H3,(H,22,24)(H,23,25). The van der Waals surface area contributed by atoms with Gasteiger partial charge >= 0.3 is 0 Å². The summed E-state index contributed by atoms with van der Waals surface area (Å²) in [7, 11) is 0. The third kappa shape index (κ3) is 5.92. The van der Waals surface area contributed by atoms with Crippen molar-refractivity contribution in [2.24, 2.45) is 5.92 Å². The van der Waals surface area contributed by atoms with Crippen LogP contribution in [-0.4, -0.2) is 18.4 Å². The fourth-order valence-corrected chi connectivity index (χ4v) is 2.20. The van der Waals surface area contributed by atoms with Crippen LogP contribution in [-0.2, 0) is 16.1 Å². The molecule has 0 saturated heterocycles. The number of carbonyl (C=O) groups excluding carboxylic acids is 2. The summed E-state index contributed by atoms with van der Waals surface area (Å²) >= 11 is 0. The van der Waals surface area contributed by atoms with Gasteiger partial charge in [-0.15, -0.1) is 0 Å². The molecule has 5 heteroatoms. The van der Waals surface area contributed by atoms with E-state index in [1.807, 2.05) is 70.2 Å². The fraction of sp³-hybridized carbons (Fsp3) is 0.333. The van der Waals surface area contributed by atoms with Gasteiger partial charge in [-0.2, -0.15) is 0 Å². The molecular formula is C21H26N2O3. The number of nitrogens with one attached hydrogen (secondary N) is 2. The van der Waals surface area contributed by atoms with Gasteiger partial charge in [0.05, 0.1) is 0 Å². The van der Waals surface area contributed by atoms with Crippen LogP contribution < -0.4 is 15.4 Å². The van der Waals surface area contributed by atoms with Crippen molar-refractivity contribution in [2.45, 2.75) is 34.2 Å². The molecule has 2 N–H and O–H groups in total. The predicted octanol–water partition coefficient (Wildman–Crippen LogP) is 3.59. The molecule has 138 valence electrons. The van der Waals surface area contributed by atoms with E-state index in [-0.39, 0.29) is 24.3 Å². The van der Waals surface area contributed by atoms with Gasteiger partial charge in [0.25, 0.3) is 5.91 Å². The van der Waals surface area contributed by atoms with Crippen molar-refractivity contribution in [3.63, 3.8) is 0 Å². The van der Waals surface area contributed by atoms with Gasteiger partial charge in [-0.3, -0.25) is 9.59 Å². The Hall–Kier alpha value is -2.82. The minimum absolute atomic E-state index is 0.0189. The molecule has 0 saturated carbocycles. The normalized spacial score (nSPS) is 10.5.